The van der Waals surface area contributed by atoms with Crippen LogP contribution in [0.5, 0.6) is 5.75 Å². The minimum absolute atomic E-state index is 0.127. The van der Waals surface area contributed by atoms with Crippen molar-refractivity contribution >= 4 is 5.91 Å². The number of methoxy groups -OCH3 is 1. The van der Waals surface area contributed by atoms with Gasteiger partial charge in [-0.25, -0.2) is 0 Å². The monoisotopic (exact) mass is 365 g/mol. The van der Waals surface area contributed by atoms with E-state index in [1.54, 1.807) is 11.8 Å². The Morgan fingerprint density at radius 2 is 1.70 bits per heavy atom. The number of aryl methyl sites for hydroxylation is 1. The number of nitrogens with zero attached hydrogens (tertiary/aromatic N) is 2. The average molecular weight is 365 g/mol. The van der Waals surface area contributed by atoms with Gasteiger partial charge in [0.1, 0.15) is 11.4 Å². The molecule has 1 aromatic heterocycles. The van der Waals surface area contributed by atoms with E-state index < -0.39 is 0 Å². The lowest BCUT2D eigenvalue weighted by atomic mass is 10.2. The summed E-state index contributed by atoms with van der Waals surface area (Å²) in [7, 11) is 1.64. The van der Waals surface area contributed by atoms with Gasteiger partial charge < -0.3 is 10.1 Å². The van der Waals surface area contributed by atoms with Gasteiger partial charge in [-0.2, -0.15) is 5.10 Å². The van der Waals surface area contributed by atoms with Gasteiger partial charge in [-0.1, -0.05) is 56.3 Å². The van der Waals surface area contributed by atoms with E-state index in [4.69, 9.17) is 4.74 Å². The fourth-order valence-electron chi connectivity index (χ4n) is 2.62. The number of amides is 1. The summed E-state index contributed by atoms with van der Waals surface area (Å²) in [5.41, 5.74) is 3.50. The van der Waals surface area contributed by atoms with Crippen LogP contribution < -0.4 is 10.1 Å². The summed E-state index contributed by atoms with van der Waals surface area (Å²) in [4.78, 5) is 12.6. The summed E-state index contributed by atoms with van der Waals surface area (Å²) in [5, 5.41) is 7.40. The predicted molar refractivity (Wildman–Crippen MR) is 108 cm³/mol. The second-order valence-corrected chi connectivity index (χ2v) is 5.84. The van der Waals surface area contributed by atoms with Crippen molar-refractivity contribution in [2.75, 3.05) is 7.11 Å². The van der Waals surface area contributed by atoms with Crippen LogP contribution in [0.15, 0.2) is 60.7 Å². The molecule has 0 aliphatic heterocycles. The van der Waals surface area contributed by atoms with E-state index in [1.807, 2.05) is 81.4 Å². The van der Waals surface area contributed by atoms with Gasteiger partial charge in [0, 0.05) is 6.54 Å². The third kappa shape index (κ3) is 5.71. The second-order valence-electron chi connectivity index (χ2n) is 5.84. The lowest BCUT2D eigenvalue weighted by Crippen LogP contribution is -2.26. The Balaban J connectivity index is 0.00000126. The number of ether oxygens (including phenoxy) is 1. The molecule has 2 aromatic carbocycles. The molecule has 0 aliphatic rings. The quantitative estimate of drug-likeness (QED) is 0.712. The van der Waals surface area contributed by atoms with Crippen molar-refractivity contribution in [1.82, 2.24) is 15.1 Å². The minimum Gasteiger partial charge on any atom is -0.497 e. The maximum atomic E-state index is 12.6. The molecule has 27 heavy (non-hydrogen) atoms. The molecule has 0 spiro atoms. The maximum Gasteiger partial charge on any atom is 0.269 e. The van der Waals surface area contributed by atoms with Gasteiger partial charge in [-0.3, -0.25) is 9.48 Å². The van der Waals surface area contributed by atoms with Gasteiger partial charge in [0.25, 0.3) is 5.91 Å². The molecule has 0 fully saturated rings. The maximum absolute atomic E-state index is 12.6. The first-order chi connectivity index (χ1) is 13.2. The molecule has 0 atom stereocenters. The third-order valence-corrected chi connectivity index (χ3v) is 3.92. The van der Waals surface area contributed by atoms with Crippen molar-refractivity contribution < 1.29 is 9.53 Å². The highest BCUT2D eigenvalue weighted by Gasteiger charge is 2.14. The molecule has 3 rings (SSSR count). The van der Waals surface area contributed by atoms with Gasteiger partial charge in [-0.15, -0.1) is 0 Å². The first-order valence-corrected chi connectivity index (χ1v) is 9.15. The molecule has 0 unspecified atom stereocenters. The zero-order chi connectivity index (χ0) is 19.6. The van der Waals surface area contributed by atoms with Crippen LogP contribution in [0.4, 0.5) is 0 Å². The van der Waals surface area contributed by atoms with Crippen LogP contribution in [0.2, 0.25) is 0 Å². The zero-order valence-electron chi connectivity index (χ0n) is 16.4. The van der Waals surface area contributed by atoms with E-state index in [0.29, 0.717) is 18.8 Å². The van der Waals surface area contributed by atoms with E-state index in [-0.39, 0.29) is 5.91 Å². The first-order valence-electron chi connectivity index (χ1n) is 9.15. The van der Waals surface area contributed by atoms with Crippen molar-refractivity contribution in [2.45, 2.75) is 33.9 Å². The second kappa shape index (κ2) is 10.2. The molecule has 5 nitrogen and oxygen atoms in total. The van der Waals surface area contributed by atoms with E-state index in [0.717, 1.165) is 22.6 Å². The van der Waals surface area contributed by atoms with E-state index in [2.05, 4.69) is 10.4 Å². The molecule has 0 aliphatic carbocycles. The minimum atomic E-state index is -0.127. The van der Waals surface area contributed by atoms with Crippen molar-refractivity contribution in [3.05, 3.63) is 83.2 Å². The van der Waals surface area contributed by atoms with Crippen molar-refractivity contribution in [3.8, 4) is 5.75 Å². The van der Waals surface area contributed by atoms with Crippen LogP contribution in [0, 0.1) is 6.92 Å². The summed E-state index contributed by atoms with van der Waals surface area (Å²) < 4.78 is 6.91. The fourth-order valence-corrected chi connectivity index (χ4v) is 2.62. The van der Waals surface area contributed by atoms with Crippen molar-refractivity contribution in [1.29, 1.82) is 0 Å². The Labute approximate surface area is 161 Å². The van der Waals surface area contributed by atoms with E-state index >= 15 is 0 Å². The van der Waals surface area contributed by atoms with Crippen LogP contribution in [-0.2, 0) is 13.1 Å². The molecule has 0 saturated heterocycles. The molecule has 1 N–H and O–H groups in total. The van der Waals surface area contributed by atoms with Crippen LogP contribution in [0.25, 0.3) is 0 Å². The van der Waals surface area contributed by atoms with Crippen molar-refractivity contribution in [2.24, 2.45) is 0 Å². The molecule has 142 valence electrons. The van der Waals surface area contributed by atoms with E-state index in [9.17, 15) is 4.79 Å². The Bertz CT molecular complexity index is 840. The van der Waals surface area contributed by atoms with Gasteiger partial charge in [0.2, 0.25) is 0 Å². The van der Waals surface area contributed by atoms with Crippen LogP contribution in [0.3, 0.4) is 0 Å². The number of hydrogen-bond donors (Lipinski definition) is 1. The Hall–Kier alpha value is -3.08. The SMILES string of the molecule is CC.COc1ccc(Cn2nc(C)cc2C(=O)NCc2ccccc2)cc1. The van der Waals surface area contributed by atoms with Gasteiger partial charge in [0.15, 0.2) is 0 Å². The molecule has 0 saturated carbocycles. The zero-order valence-corrected chi connectivity index (χ0v) is 16.4. The molecule has 0 radical (unpaired) electrons. The number of hydrogen-bond acceptors (Lipinski definition) is 3. The molecular formula is C22H27N3O2. The normalized spacial score (nSPS) is 9.93. The Morgan fingerprint density at radius 3 is 2.33 bits per heavy atom. The Kier molecular flexibility index (Phi) is 7.62. The first kappa shape index (κ1) is 20.2. The van der Waals surface area contributed by atoms with Crippen LogP contribution in [0.1, 0.15) is 41.2 Å². The lowest BCUT2D eigenvalue weighted by Gasteiger charge is -2.09. The largest absolute Gasteiger partial charge is 0.497 e. The fraction of sp³-hybridized carbons (Fsp3) is 0.273. The van der Waals surface area contributed by atoms with Gasteiger partial charge in [0.05, 0.1) is 19.3 Å². The van der Waals surface area contributed by atoms with Crippen molar-refractivity contribution in [3.63, 3.8) is 0 Å². The number of benzene rings is 2. The van der Waals surface area contributed by atoms with Gasteiger partial charge >= 0.3 is 0 Å². The highest BCUT2D eigenvalue weighted by molar-refractivity contribution is 5.92. The molecule has 0 bridgehead atoms. The topological polar surface area (TPSA) is 56.2 Å². The van der Waals surface area contributed by atoms with Crippen LogP contribution >= 0.6 is 0 Å². The van der Waals surface area contributed by atoms with Gasteiger partial charge in [-0.05, 0) is 36.2 Å². The molecule has 3 aromatic rings. The average Bonchev–Trinajstić information content (AvgIpc) is 3.09. The summed E-state index contributed by atoms with van der Waals surface area (Å²) >= 11 is 0. The number of nitrogens with one attached hydrogen (secondary N) is 1. The predicted octanol–water partition coefficient (Wildman–Crippen LogP) is 4.20. The summed E-state index contributed by atoms with van der Waals surface area (Å²) in [6.07, 6.45) is 0. The summed E-state index contributed by atoms with van der Waals surface area (Å²) in [6.45, 7) is 6.91. The smallest absolute Gasteiger partial charge is 0.269 e. The number of carbonyl (C=O) groups is 1. The summed E-state index contributed by atoms with van der Waals surface area (Å²) in [5.74, 6) is 0.680. The van der Waals surface area contributed by atoms with Crippen LogP contribution in [-0.4, -0.2) is 22.8 Å². The standard InChI is InChI=1S/C20H21N3O2.C2H6/c1-15-12-19(20(24)21-13-16-6-4-3-5-7-16)23(22-15)14-17-8-10-18(25-2)11-9-17;1-2/h3-12H,13-14H2,1-2H3,(H,21,24);1-2H3. The molecule has 1 amide bonds. The third-order valence-electron chi connectivity index (χ3n) is 3.92. The highest BCUT2D eigenvalue weighted by atomic mass is 16.5. The molecule has 5 heteroatoms. The molecular weight excluding hydrogens is 338 g/mol. The number of aromatic nitrogens is 2. The number of rotatable bonds is 6. The number of carbonyl (C=O) groups excluding carboxylic acids is 1. The molecule has 1 heterocycles. The van der Waals surface area contributed by atoms with E-state index in [1.165, 1.54) is 0 Å². The Morgan fingerprint density at radius 1 is 1.04 bits per heavy atom. The highest BCUT2D eigenvalue weighted by Crippen LogP contribution is 2.14. The lowest BCUT2D eigenvalue weighted by molar-refractivity contribution is 0.0940. The summed E-state index contributed by atoms with van der Waals surface area (Å²) in [6, 6.07) is 19.4.